The molecule has 0 aliphatic heterocycles. The van der Waals surface area contributed by atoms with Crippen molar-refractivity contribution in [3.05, 3.63) is 104 Å². The molecule has 0 aliphatic carbocycles. The zero-order chi connectivity index (χ0) is 23.3. The predicted octanol–water partition coefficient (Wildman–Crippen LogP) is 4.66. The number of methoxy groups -OCH3 is 1. The van der Waals surface area contributed by atoms with E-state index in [2.05, 4.69) is 0 Å². The molecular weight excluding hydrogens is 438 g/mol. The number of halogens is 1. The van der Waals surface area contributed by atoms with E-state index in [1.165, 1.54) is 4.57 Å². The number of rotatable bonds is 4. The highest BCUT2D eigenvalue weighted by Crippen LogP contribution is 2.29. The van der Waals surface area contributed by atoms with Crippen LogP contribution >= 0.6 is 11.6 Å². The van der Waals surface area contributed by atoms with Crippen LogP contribution in [0, 0.1) is 6.92 Å². The number of hydrogen-bond acceptors (Lipinski definition) is 3. The summed E-state index contributed by atoms with van der Waals surface area (Å²) in [7, 11) is 3.44. The number of nitrogens with zero attached hydrogens (tertiary/aromatic N) is 3. The minimum absolute atomic E-state index is 0.287. The quantitative estimate of drug-likeness (QED) is 0.392. The van der Waals surface area contributed by atoms with Gasteiger partial charge in [0.2, 0.25) is 0 Å². The molecule has 0 atom stereocenters. The summed E-state index contributed by atoms with van der Waals surface area (Å²) in [5, 5.41) is 1.40. The molecule has 3 aromatic carbocycles. The average molecular weight is 460 g/mol. The third kappa shape index (κ3) is 3.43. The molecule has 166 valence electrons. The Bertz CT molecular complexity index is 1640. The van der Waals surface area contributed by atoms with Crippen molar-refractivity contribution in [3.63, 3.8) is 0 Å². The number of aromatic nitrogens is 3. The summed E-state index contributed by atoms with van der Waals surface area (Å²) in [6.07, 6.45) is 0. The molecule has 0 unspecified atom stereocenters. The zero-order valence-corrected chi connectivity index (χ0v) is 19.3. The molecule has 33 heavy (non-hydrogen) atoms. The van der Waals surface area contributed by atoms with Crippen molar-refractivity contribution in [2.75, 3.05) is 7.11 Å². The maximum atomic E-state index is 13.9. The van der Waals surface area contributed by atoms with Crippen LogP contribution in [0.5, 0.6) is 5.75 Å². The van der Waals surface area contributed by atoms with Crippen LogP contribution in [0.3, 0.4) is 0 Å². The molecule has 0 saturated heterocycles. The third-order valence-electron chi connectivity index (χ3n) is 5.99. The van der Waals surface area contributed by atoms with Crippen LogP contribution < -0.4 is 16.0 Å². The third-order valence-corrected chi connectivity index (χ3v) is 6.24. The average Bonchev–Trinajstić information content (AvgIpc) is 3.10. The Morgan fingerprint density at radius 1 is 0.939 bits per heavy atom. The molecule has 0 bridgehead atoms. The van der Waals surface area contributed by atoms with Gasteiger partial charge in [-0.25, -0.2) is 9.36 Å². The van der Waals surface area contributed by atoms with Crippen molar-refractivity contribution >= 4 is 33.5 Å². The van der Waals surface area contributed by atoms with Crippen LogP contribution in [-0.4, -0.2) is 20.8 Å². The van der Waals surface area contributed by atoms with Gasteiger partial charge in [-0.1, -0.05) is 35.9 Å². The van der Waals surface area contributed by atoms with Crippen molar-refractivity contribution in [1.29, 1.82) is 0 Å². The summed E-state index contributed by atoms with van der Waals surface area (Å²) in [6, 6.07) is 20.4. The Hall–Kier alpha value is -3.77. The van der Waals surface area contributed by atoms with Crippen LogP contribution in [0.1, 0.15) is 11.1 Å². The van der Waals surface area contributed by atoms with Gasteiger partial charge in [0.05, 0.1) is 30.4 Å². The van der Waals surface area contributed by atoms with E-state index in [1.807, 2.05) is 67.1 Å². The summed E-state index contributed by atoms with van der Waals surface area (Å²) >= 11 is 6.07. The van der Waals surface area contributed by atoms with Crippen molar-refractivity contribution < 1.29 is 4.74 Å². The topological polar surface area (TPSA) is 58.2 Å². The molecule has 0 amide bonds. The van der Waals surface area contributed by atoms with E-state index in [1.54, 1.807) is 29.9 Å². The smallest absolute Gasteiger partial charge is 0.336 e. The second-order valence-corrected chi connectivity index (χ2v) is 8.55. The molecule has 0 N–H and O–H groups in total. The highest BCUT2D eigenvalue weighted by Gasteiger charge is 2.21. The van der Waals surface area contributed by atoms with Gasteiger partial charge < -0.3 is 9.30 Å². The lowest BCUT2D eigenvalue weighted by Gasteiger charge is -2.14. The second-order valence-electron chi connectivity index (χ2n) is 8.11. The van der Waals surface area contributed by atoms with Crippen molar-refractivity contribution in [2.45, 2.75) is 13.5 Å². The molecule has 7 heteroatoms. The normalized spacial score (nSPS) is 11.4. The maximum absolute atomic E-state index is 13.9. The van der Waals surface area contributed by atoms with Crippen LogP contribution in [0.4, 0.5) is 0 Å². The van der Waals surface area contributed by atoms with E-state index in [-0.39, 0.29) is 12.1 Å². The minimum atomic E-state index is -0.400. The largest absolute Gasteiger partial charge is 0.497 e. The van der Waals surface area contributed by atoms with Crippen molar-refractivity contribution in [1.82, 2.24) is 13.7 Å². The number of benzene rings is 3. The van der Waals surface area contributed by atoms with Gasteiger partial charge in [0.15, 0.2) is 0 Å². The first-order valence-electron chi connectivity index (χ1n) is 10.5. The van der Waals surface area contributed by atoms with Gasteiger partial charge in [0.25, 0.3) is 5.56 Å². The Labute approximate surface area is 194 Å². The molecule has 5 aromatic rings. The van der Waals surface area contributed by atoms with E-state index in [0.29, 0.717) is 27.5 Å². The summed E-state index contributed by atoms with van der Waals surface area (Å²) < 4.78 is 10.2. The summed E-state index contributed by atoms with van der Waals surface area (Å²) in [6.45, 7) is 2.22. The van der Waals surface area contributed by atoms with Crippen LogP contribution in [0.25, 0.3) is 27.6 Å². The fraction of sp³-hybridized carbons (Fsp3) is 0.154. The second kappa shape index (κ2) is 7.98. The summed E-state index contributed by atoms with van der Waals surface area (Å²) in [5.74, 6) is 0.656. The lowest BCUT2D eigenvalue weighted by atomic mass is 10.2. The number of aryl methyl sites for hydroxylation is 2. The van der Waals surface area contributed by atoms with Crippen LogP contribution in [0.15, 0.2) is 76.3 Å². The van der Waals surface area contributed by atoms with Gasteiger partial charge in [-0.3, -0.25) is 9.36 Å². The summed E-state index contributed by atoms with van der Waals surface area (Å²) in [4.78, 5) is 27.6. The van der Waals surface area contributed by atoms with Gasteiger partial charge in [0, 0.05) is 17.5 Å². The van der Waals surface area contributed by atoms with Crippen LogP contribution in [0.2, 0.25) is 5.02 Å². The standard InChI is InChI=1S/C26H22ClN3O3/c1-16-5-4-6-19(13-16)30-25(31)24-23(21-14-20(33-3)11-12-22(21)28(24)2)29(26(30)32)15-17-7-9-18(27)10-8-17/h4-14H,15H2,1-3H3. The van der Waals surface area contributed by atoms with Gasteiger partial charge in [-0.05, 0) is 60.5 Å². The van der Waals surface area contributed by atoms with Gasteiger partial charge >= 0.3 is 5.69 Å². The molecule has 5 rings (SSSR count). The highest BCUT2D eigenvalue weighted by atomic mass is 35.5. The predicted molar refractivity (Wildman–Crippen MR) is 132 cm³/mol. The van der Waals surface area contributed by atoms with Crippen LogP contribution in [-0.2, 0) is 13.6 Å². The van der Waals surface area contributed by atoms with E-state index >= 15 is 0 Å². The fourth-order valence-electron chi connectivity index (χ4n) is 4.37. The van der Waals surface area contributed by atoms with E-state index in [4.69, 9.17) is 16.3 Å². The summed E-state index contributed by atoms with van der Waals surface area (Å²) in [5.41, 5.74) is 3.53. The number of ether oxygens (including phenoxy) is 1. The molecule has 0 aliphatic rings. The first-order chi connectivity index (χ1) is 15.9. The van der Waals surface area contributed by atoms with Gasteiger partial charge in [-0.2, -0.15) is 0 Å². The first kappa shape index (κ1) is 21.1. The van der Waals surface area contributed by atoms with Crippen molar-refractivity contribution in [3.8, 4) is 11.4 Å². The molecule has 2 aromatic heterocycles. The van der Waals surface area contributed by atoms with E-state index in [0.717, 1.165) is 22.0 Å². The SMILES string of the molecule is COc1ccc2c(c1)c1c(c(=O)n(-c3cccc(C)c3)c(=O)n1Cc1ccc(Cl)cc1)n2C. The van der Waals surface area contributed by atoms with E-state index < -0.39 is 5.69 Å². The van der Waals surface area contributed by atoms with E-state index in [9.17, 15) is 9.59 Å². The molecule has 0 radical (unpaired) electrons. The lowest BCUT2D eigenvalue weighted by Crippen LogP contribution is -2.39. The first-order valence-corrected chi connectivity index (χ1v) is 10.9. The zero-order valence-electron chi connectivity index (χ0n) is 18.5. The molecule has 0 saturated carbocycles. The molecular formula is C26H22ClN3O3. The number of hydrogen-bond donors (Lipinski definition) is 0. The molecule has 6 nitrogen and oxygen atoms in total. The fourth-order valence-corrected chi connectivity index (χ4v) is 4.50. The van der Waals surface area contributed by atoms with Crippen molar-refractivity contribution in [2.24, 2.45) is 7.05 Å². The minimum Gasteiger partial charge on any atom is -0.497 e. The monoisotopic (exact) mass is 459 g/mol. The molecule has 0 fully saturated rings. The van der Waals surface area contributed by atoms with Gasteiger partial charge in [0.1, 0.15) is 11.3 Å². The lowest BCUT2D eigenvalue weighted by molar-refractivity contribution is 0.415. The maximum Gasteiger partial charge on any atom is 0.336 e. The Kier molecular flexibility index (Phi) is 5.10. The molecule has 2 heterocycles. The highest BCUT2D eigenvalue weighted by molar-refractivity contribution is 6.30. The Balaban J connectivity index is 1.94. The Morgan fingerprint density at radius 2 is 1.70 bits per heavy atom. The molecule has 0 spiro atoms. The Morgan fingerprint density at radius 3 is 2.39 bits per heavy atom. The number of fused-ring (bicyclic) bond motifs is 3. The van der Waals surface area contributed by atoms with Gasteiger partial charge in [-0.15, -0.1) is 0 Å².